The number of hydrogen-bond acceptors (Lipinski definition) is 4. The van der Waals surface area contributed by atoms with Gasteiger partial charge in [0.15, 0.2) is 0 Å². The topological polar surface area (TPSA) is 66.6 Å². The van der Waals surface area contributed by atoms with Gasteiger partial charge in [0.2, 0.25) is 0 Å². The Morgan fingerprint density at radius 2 is 2.04 bits per heavy atom. The minimum absolute atomic E-state index is 0.0137. The van der Waals surface area contributed by atoms with Crippen LogP contribution in [0.5, 0.6) is 5.75 Å². The van der Waals surface area contributed by atoms with Crippen molar-refractivity contribution in [1.29, 1.82) is 0 Å². The van der Waals surface area contributed by atoms with Crippen LogP contribution in [0.1, 0.15) is 60.1 Å². The van der Waals surface area contributed by atoms with Crippen LogP contribution in [0.3, 0.4) is 0 Å². The summed E-state index contributed by atoms with van der Waals surface area (Å²) in [6.45, 7) is 11.1. The highest BCUT2D eigenvalue weighted by Crippen LogP contribution is 2.57. The number of phenolic OH excluding ortho intramolecular Hbond substituents is 1. The van der Waals surface area contributed by atoms with Gasteiger partial charge in [0.25, 0.3) is 5.91 Å². The molecule has 1 unspecified atom stereocenters. The van der Waals surface area contributed by atoms with Crippen molar-refractivity contribution in [3.63, 3.8) is 0 Å². The first-order valence-corrected chi connectivity index (χ1v) is 9.23. The second-order valence-corrected chi connectivity index (χ2v) is 8.52. The maximum Gasteiger partial charge on any atom is 0.259 e. The fraction of sp³-hybridized carbons (Fsp3) is 0.524. The number of fused-ring (bicyclic) bond motifs is 4. The van der Waals surface area contributed by atoms with Crippen molar-refractivity contribution in [2.75, 3.05) is 6.54 Å². The molecule has 2 aromatic rings. The van der Waals surface area contributed by atoms with Gasteiger partial charge in [-0.2, -0.15) is 0 Å². The van der Waals surface area contributed by atoms with E-state index in [9.17, 15) is 9.90 Å². The zero-order chi connectivity index (χ0) is 18.9. The lowest BCUT2D eigenvalue weighted by Gasteiger charge is -2.60. The van der Waals surface area contributed by atoms with Crippen LogP contribution in [0.4, 0.5) is 0 Å². The quantitative estimate of drug-likeness (QED) is 0.847. The number of piperidine rings is 1. The molecule has 138 valence electrons. The number of aryl methyl sites for hydroxylation is 2. The van der Waals surface area contributed by atoms with Crippen molar-refractivity contribution in [2.45, 2.75) is 58.9 Å². The van der Waals surface area contributed by atoms with Gasteiger partial charge in [-0.1, -0.05) is 38.1 Å². The molecule has 1 aliphatic heterocycles. The standard InChI is InChI=1S/C21H26N2O3/c1-12-18(13(2)26-22-12)19(25)23-10-9-21(5)15-7-6-8-16(24)14(15)11-17(23)20(21,3)4/h6-8,17,24H,9-11H2,1-5H3/t17?,21-/m0/s1. The predicted octanol–water partition coefficient (Wildman–Crippen LogP) is 3.75. The Hall–Kier alpha value is -2.30. The molecule has 2 heterocycles. The van der Waals surface area contributed by atoms with Gasteiger partial charge < -0.3 is 14.5 Å². The van der Waals surface area contributed by atoms with Gasteiger partial charge in [-0.05, 0) is 49.3 Å². The highest BCUT2D eigenvalue weighted by molar-refractivity contribution is 5.96. The van der Waals surface area contributed by atoms with E-state index in [1.54, 1.807) is 13.0 Å². The number of amides is 1. The summed E-state index contributed by atoms with van der Waals surface area (Å²) < 4.78 is 5.22. The van der Waals surface area contributed by atoms with Gasteiger partial charge in [-0.15, -0.1) is 0 Å². The maximum absolute atomic E-state index is 13.4. The average Bonchev–Trinajstić information content (AvgIpc) is 2.90. The molecule has 1 aromatic heterocycles. The average molecular weight is 354 g/mol. The summed E-state index contributed by atoms with van der Waals surface area (Å²) in [5.74, 6) is 0.888. The molecule has 1 amide bonds. The number of aromatic nitrogens is 1. The van der Waals surface area contributed by atoms with E-state index in [-0.39, 0.29) is 22.8 Å². The third-order valence-electron chi connectivity index (χ3n) is 7.14. The van der Waals surface area contributed by atoms with E-state index in [1.165, 1.54) is 5.56 Å². The molecule has 1 aromatic carbocycles. The van der Waals surface area contributed by atoms with Gasteiger partial charge in [-0.25, -0.2) is 0 Å². The summed E-state index contributed by atoms with van der Waals surface area (Å²) in [5, 5.41) is 14.4. The molecule has 2 aliphatic rings. The number of rotatable bonds is 1. The summed E-state index contributed by atoms with van der Waals surface area (Å²) in [5.41, 5.74) is 3.23. The molecule has 5 heteroatoms. The normalized spacial score (nSPS) is 26.5. The lowest BCUT2D eigenvalue weighted by Crippen LogP contribution is -2.64. The fourth-order valence-electron chi connectivity index (χ4n) is 5.10. The summed E-state index contributed by atoms with van der Waals surface area (Å²) in [6.07, 6.45) is 1.53. The number of carbonyl (C=O) groups is 1. The highest BCUT2D eigenvalue weighted by atomic mass is 16.5. The van der Waals surface area contributed by atoms with Crippen molar-refractivity contribution in [1.82, 2.24) is 10.1 Å². The molecule has 5 nitrogen and oxygen atoms in total. The van der Waals surface area contributed by atoms with E-state index < -0.39 is 0 Å². The first-order chi connectivity index (χ1) is 12.2. The Labute approximate surface area is 154 Å². The maximum atomic E-state index is 13.4. The van der Waals surface area contributed by atoms with Crippen molar-refractivity contribution in [2.24, 2.45) is 5.41 Å². The van der Waals surface area contributed by atoms with Gasteiger partial charge in [0.1, 0.15) is 17.1 Å². The summed E-state index contributed by atoms with van der Waals surface area (Å²) in [4.78, 5) is 15.3. The van der Waals surface area contributed by atoms with Crippen LogP contribution in [0, 0.1) is 19.3 Å². The Balaban J connectivity index is 1.82. The smallest absolute Gasteiger partial charge is 0.259 e. The van der Waals surface area contributed by atoms with Crippen LogP contribution in [-0.4, -0.2) is 33.7 Å². The minimum atomic E-state index is -0.110. The van der Waals surface area contributed by atoms with Crippen molar-refractivity contribution in [3.05, 3.63) is 46.3 Å². The van der Waals surface area contributed by atoms with Crippen LogP contribution in [0.25, 0.3) is 0 Å². The van der Waals surface area contributed by atoms with Crippen molar-refractivity contribution in [3.8, 4) is 5.75 Å². The Bertz CT molecular complexity index is 879. The molecule has 1 N–H and O–H groups in total. The lowest BCUT2D eigenvalue weighted by atomic mass is 9.51. The SMILES string of the molecule is Cc1noc(C)c1C(=O)N1CC[C@@]2(C)c3cccc(O)c3CC1C2(C)C. The highest BCUT2D eigenvalue weighted by Gasteiger charge is 2.57. The number of benzene rings is 1. The third-order valence-corrected chi connectivity index (χ3v) is 7.14. The number of aromatic hydroxyl groups is 1. The van der Waals surface area contributed by atoms with E-state index >= 15 is 0 Å². The van der Waals surface area contributed by atoms with Gasteiger partial charge >= 0.3 is 0 Å². The second kappa shape index (κ2) is 5.35. The largest absolute Gasteiger partial charge is 0.508 e. The molecule has 26 heavy (non-hydrogen) atoms. The van der Waals surface area contributed by atoms with E-state index in [4.69, 9.17) is 4.52 Å². The molecule has 1 aliphatic carbocycles. The second-order valence-electron chi connectivity index (χ2n) is 8.52. The number of carbonyl (C=O) groups excluding carboxylic acids is 1. The Morgan fingerprint density at radius 1 is 1.31 bits per heavy atom. The zero-order valence-corrected chi connectivity index (χ0v) is 16.1. The monoisotopic (exact) mass is 354 g/mol. The van der Waals surface area contributed by atoms with Gasteiger partial charge in [0.05, 0.1) is 5.69 Å². The molecule has 1 saturated heterocycles. The molecule has 0 spiro atoms. The van der Waals surface area contributed by atoms with E-state index in [0.717, 1.165) is 12.0 Å². The predicted molar refractivity (Wildman–Crippen MR) is 98.4 cm³/mol. The fourth-order valence-corrected chi connectivity index (χ4v) is 5.10. The van der Waals surface area contributed by atoms with Crippen molar-refractivity contribution < 1.29 is 14.4 Å². The molecule has 4 rings (SSSR count). The molecule has 1 fully saturated rings. The van der Waals surface area contributed by atoms with Crippen LogP contribution in [0.2, 0.25) is 0 Å². The van der Waals surface area contributed by atoms with Crippen LogP contribution >= 0.6 is 0 Å². The zero-order valence-electron chi connectivity index (χ0n) is 16.1. The van der Waals surface area contributed by atoms with E-state index in [0.29, 0.717) is 35.7 Å². The lowest BCUT2D eigenvalue weighted by molar-refractivity contribution is -0.0267. The van der Waals surface area contributed by atoms with E-state index in [1.807, 2.05) is 17.9 Å². The molecule has 0 radical (unpaired) electrons. The summed E-state index contributed by atoms with van der Waals surface area (Å²) in [7, 11) is 0. The molecule has 2 atom stereocenters. The molecule has 2 bridgehead atoms. The van der Waals surface area contributed by atoms with E-state index in [2.05, 4.69) is 32.0 Å². The van der Waals surface area contributed by atoms with Crippen LogP contribution < -0.4 is 0 Å². The first-order valence-electron chi connectivity index (χ1n) is 9.23. The molecule has 0 saturated carbocycles. The first kappa shape index (κ1) is 17.1. The third kappa shape index (κ3) is 2.03. The number of hydrogen-bond donors (Lipinski definition) is 1. The summed E-state index contributed by atoms with van der Waals surface area (Å²) >= 11 is 0. The Morgan fingerprint density at radius 3 is 2.69 bits per heavy atom. The Kier molecular flexibility index (Phi) is 3.52. The van der Waals surface area contributed by atoms with Crippen LogP contribution in [0.15, 0.2) is 22.7 Å². The van der Waals surface area contributed by atoms with Gasteiger partial charge in [-0.3, -0.25) is 4.79 Å². The minimum Gasteiger partial charge on any atom is -0.508 e. The number of phenols is 1. The molecular weight excluding hydrogens is 328 g/mol. The molecular formula is C21H26N2O3. The number of nitrogens with zero attached hydrogens (tertiary/aromatic N) is 2. The number of likely N-dealkylation sites (tertiary alicyclic amines) is 1. The van der Waals surface area contributed by atoms with Gasteiger partial charge in [0, 0.05) is 18.0 Å². The van der Waals surface area contributed by atoms with Crippen molar-refractivity contribution >= 4 is 5.91 Å². The summed E-state index contributed by atoms with van der Waals surface area (Å²) in [6, 6.07) is 5.83. The van der Waals surface area contributed by atoms with Crippen LogP contribution in [-0.2, 0) is 11.8 Å².